The molecule has 1 atom stereocenters. The van der Waals surface area contributed by atoms with E-state index in [2.05, 4.69) is 15.5 Å². The Hall–Kier alpha value is -2.02. The Morgan fingerprint density at radius 1 is 1.47 bits per heavy atom. The zero-order chi connectivity index (χ0) is 13.8. The fourth-order valence-corrected chi connectivity index (χ4v) is 1.77. The molecule has 0 aliphatic rings. The molecule has 0 saturated carbocycles. The van der Waals surface area contributed by atoms with Gasteiger partial charge in [-0.2, -0.15) is 0 Å². The first-order valence-electron chi connectivity index (χ1n) is 5.95. The van der Waals surface area contributed by atoms with Crippen molar-refractivity contribution in [3.63, 3.8) is 0 Å². The van der Waals surface area contributed by atoms with Crippen LogP contribution in [-0.2, 0) is 4.74 Å². The van der Waals surface area contributed by atoms with Crippen molar-refractivity contribution in [1.82, 2.24) is 20.2 Å². The lowest BCUT2D eigenvalue weighted by molar-refractivity contribution is 0.178. The molecular formula is C12H16FN5O. The van der Waals surface area contributed by atoms with E-state index in [1.807, 2.05) is 6.92 Å². The predicted octanol–water partition coefficient (Wildman–Crippen LogP) is 1.66. The van der Waals surface area contributed by atoms with Gasteiger partial charge in [-0.05, 0) is 42.0 Å². The van der Waals surface area contributed by atoms with Crippen LogP contribution >= 0.6 is 0 Å². The number of hydrogen-bond donors (Lipinski definition) is 1. The fraction of sp³-hybridized carbons (Fsp3) is 0.417. The molecule has 0 amide bonds. The number of nitrogen functional groups attached to an aromatic ring is 1. The van der Waals surface area contributed by atoms with E-state index in [4.69, 9.17) is 10.5 Å². The molecule has 0 bridgehead atoms. The van der Waals surface area contributed by atoms with Crippen LogP contribution in [-0.4, -0.2) is 33.9 Å². The van der Waals surface area contributed by atoms with Gasteiger partial charge in [-0.25, -0.2) is 9.07 Å². The van der Waals surface area contributed by atoms with Gasteiger partial charge in [0.15, 0.2) is 5.82 Å². The van der Waals surface area contributed by atoms with Crippen LogP contribution in [0, 0.1) is 5.82 Å². The van der Waals surface area contributed by atoms with Crippen LogP contribution in [0.15, 0.2) is 18.2 Å². The second kappa shape index (κ2) is 5.75. The molecule has 7 heteroatoms. The average molecular weight is 265 g/mol. The number of anilines is 1. The van der Waals surface area contributed by atoms with Crippen LogP contribution in [0.25, 0.3) is 11.4 Å². The number of benzene rings is 1. The number of ether oxygens (including phenoxy) is 1. The Morgan fingerprint density at radius 2 is 2.26 bits per heavy atom. The standard InChI is InChI=1S/C12H16FN5O/c1-8(5-6-19-2)18-12(15-16-17-18)9-3-4-10(13)11(14)7-9/h3-4,7-8H,5-6,14H2,1-2H3. The summed E-state index contributed by atoms with van der Waals surface area (Å²) in [5.41, 5.74) is 6.33. The summed E-state index contributed by atoms with van der Waals surface area (Å²) in [7, 11) is 1.65. The number of halogens is 1. The third-order valence-corrected chi connectivity index (χ3v) is 2.90. The molecule has 0 saturated heterocycles. The van der Waals surface area contributed by atoms with Crippen molar-refractivity contribution in [3.8, 4) is 11.4 Å². The Bertz CT molecular complexity index is 557. The van der Waals surface area contributed by atoms with Crippen molar-refractivity contribution >= 4 is 5.69 Å². The molecule has 6 nitrogen and oxygen atoms in total. The molecule has 1 aromatic carbocycles. The first kappa shape index (κ1) is 13.4. The van der Waals surface area contributed by atoms with Crippen molar-refractivity contribution in [1.29, 1.82) is 0 Å². The second-order valence-electron chi connectivity index (χ2n) is 4.31. The van der Waals surface area contributed by atoms with E-state index in [0.717, 1.165) is 6.42 Å². The molecule has 0 aliphatic carbocycles. The molecule has 2 N–H and O–H groups in total. The smallest absolute Gasteiger partial charge is 0.182 e. The molecule has 2 rings (SSSR count). The van der Waals surface area contributed by atoms with Gasteiger partial charge >= 0.3 is 0 Å². The Morgan fingerprint density at radius 3 is 2.95 bits per heavy atom. The Kier molecular flexibility index (Phi) is 4.06. The highest BCUT2D eigenvalue weighted by Crippen LogP contribution is 2.23. The van der Waals surface area contributed by atoms with Crippen LogP contribution in [0.5, 0.6) is 0 Å². The van der Waals surface area contributed by atoms with Gasteiger partial charge in [0, 0.05) is 19.3 Å². The summed E-state index contributed by atoms with van der Waals surface area (Å²) in [6.45, 7) is 2.61. The van der Waals surface area contributed by atoms with E-state index in [1.54, 1.807) is 17.9 Å². The highest BCUT2D eigenvalue weighted by molar-refractivity contribution is 5.61. The van der Waals surface area contributed by atoms with Crippen LogP contribution < -0.4 is 5.73 Å². The third kappa shape index (κ3) is 2.87. The molecule has 0 fully saturated rings. The summed E-state index contributed by atoms with van der Waals surface area (Å²) in [6, 6.07) is 4.53. The largest absolute Gasteiger partial charge is 0.396 e. The van der Waals surface area contributed by atoms with Crippen LogP contribution in [0.3, 0.4) is 0 Å². The zero-order valence-electron chi connectivity index (χ0n) is 10.9. The lowest BCUT2D eigenvalue weighted by Crippen LogP contribution is -2.11. The summed E-state index contributed by atoms with van der Waals surface area (Å²) in [4.78, 5) is 0. The van der Waals surface area contributed by atoms with E-state index >= 15 is 0 Å². The van der Waals surface area contributed by atoms with Gasteiger partial charge in [0.05, 0.1) is 11.7 Å². The van der Waals surface area contributed by atoms with Gasteiger partial charge in [-0.3, -0.25) is 0 Å². The lowest BCUT2D eigenvalue weighted by Gasteiger charge is -2.13. The average Bonchev–Trinajstić information content (AvgIpc) is 2.88. The molecule has 0 spiro atoms. The van der Waals surface area contributed by atoms with Crippen molar-refractivity contribution in [2.75, 3.05) is 19.5 Å². The molecule has 2 aromatic rings. The second-order valence-corrected chi connectivity index (χ2v) is 4.31. The minimum absolute atomic E-state index is 0.0798. The van der Waals surface area contributed by atoms with Gasteiger partial charge in [-0.15, -0.1) is 5.10 Å². The SMILES string of the molecule is COCCC(C)n1nnnc1-c1ccc(F)c(N)c1. The maximum Gasteiger partial charge on any atom is 0.182 e. The highest BCUT2D eigenvalue weighted by atomic mass is 19.1. The molecule has 1 unspecified atom stereocenters. The van der Waals surface area contributed by atoms with Gasteiger partial charge < -0.3 is 10.5 Å². The zero-order valence-corrected chi connectivity index (χ0v) is 10.9. The van der Waals surface area contributed by atoms with Crippen LogP contribution in [0.2, 0.25) is 0 Å². The quantitative estimate of drug-likeness (QED) is 0.832. The van der Waals surface area contributed by atoms with Crippen molar-refractivity contribution in [2.24, 2.45) is 0 Å². The van der Waals surface area contributed by atoms with Gasteiger partial charge in [0.2, 0.25) is 0 Å². The van der Waals surface area contributed by atoms with E-state index < -0.39 is 5.82 Å². The van der Waals surface area contributed by atoms with Gasteiger partial charge in [0.25, 0.3) is 0 Å². The minimum atomic E-state index is -0.449. The van der Waals surface area contributed by atoms with Crippen LogP contribution in [0.1, 0.15) is 19.4 Å². The van der Waals surface area contributed by atoms with Crippen molar-refractivity contribution in [3.05, 3.63) is 24.0 Å². The summed E-state index contributed by atoms with van der Waals surface area (Å²) in [5, 5.41) is 11.6. The van der Waals surface area contributed by atoms with E-state index in [9.17, 15) is 4.39 Å². The number of tetrazole rings is 1. The van der Waals surface area contributed by atoms with Gasteiger partial charge in [0.1, 0.15) is 5.82 Å². The molecule has 0 aliphatic heterocycles. The molecule has 19 heavy (non-hydrogen) atoms. The minimum Gasteiger partial charge on any atom is -0.396 e. The molecule has 0 radical (unpaired) electrons. The van der Waals surface area contributed by atoms with Crippen LogP contribution in [0.4, 0.5) is 10.1 Å². The van der Waals surface area contributed by atoms with Crippen molar-refractivity contribution in [2.45, 2.75) is 19.4 Å². The molecule has 1 aromatic heterocycles. The highest BCUT2D eigenvalue weighted by Gasteiger charge is 2.15. The van der Waals surface area contributed by atoms with E-state index in [-0.39, 0.29) is 11.7 Å². The Balaban J connectivity index is 2.30. The maximum absolute atomic E-state index is 13.2. The summed E-state index contributed by atoms with van der Waals surface area (Å²) >= 11 is 0. The normalized spacial score (nSPS) is 12.6. The number of nitrogens with two attached hydrogens (primary N) is 1. The topological polar surface area (TPSA) is 78.8 Å². The van der Waals surface area contributed by atoms with Gasteiger partial charge in [-0.1, -0.05) is 0 Å². The van der Waals surface area contributed by atoms with E-state index in [1.165, 1.54) is 12.1 Å². The first-order chi connectivity index (χ1) is 9.13. The monoisotopic (exact) mass is 265 g/mol. The number of aromatic nitrogens is 4. The molecule has 1 heterocycles. The third-order valence-electron chi connectivity index (χ3n) is 2.90. The first-order valence-corrected chi connectivity index (χ1v) is 5.95. The number of hydrogen-bond acceptors (Lipinski definition) is 5. The maximum atomic E-state index is 13.2. The number of rotatable bonds is 5. The molecule has 102 valence electrons. The summed E-state index contributed by atoms with van der Waals surface area (Å²) in [5.74, 6) is 0.116. The number of nitrogens with zero attached hydrogens (tertiary/aromatic N) is 4. The summed E-state index contributed by atoms with van der Waals surface area (Å²) < 4.78 is 19.9. The predicted molar refractivity (Wildman–Crippen MR) is 68.8 cm³/mol. The number of methoxy groups -OCH3 is 1. The van der Waals surface area contributed by atoms with E-state index in [0.29, 0.717) is 18.0 Å². The Labute approximate surface area is 110 Å². The fourth-order valence-electron chi connectivity index (χ4n) is 1.77. The van der Waals surface area contributed by atoms with Crippen molar-refractivity contribution < 1.29 is 9.13 Å². The summed E-state index contributed by atoms with van der Waals surface area (Å²) in [6.07, 6.45) is 0.783. The lowest BCUT2D eigenvalue weighted by atomic mass is 10.1. The molecular weight excluding hydrogens is 249 g/mol.